The monoisotopic (exact) mass is 292 g/mol. The Morgan fingerprint density at radius 2 is 2.05 bits per heavy atom. The highest BCUT2D eigenvalue weighted by Crippen LogP contribution is 2.34. The lowest BCUT2D eigenvalue weighted by molar-refractivity contribution is 0.0457. The van der Waals surface area contributed by atoms with Crippen LogP contribution in [0.1, 0.15) is 77.5 Å². The smallest absolute Gasteiger partial charge is 0.0628 e. The molecule has 1 saturated carbocycles. The van der Waals surface area contributed by atoms with E-state index in [2.05, 4.69) is 37.7 Å². The quantitative estimate of drug-likeness (QED) is 0.810. The molecule has 0 aliphatic heterocycles. The van der Waals surface area contributed by atoms with Crippen LogP contribution in [0.4, 0.5) is 0 Å². The van der Waals surface area contributed by atoms with E-state index in [4.69, 9.17) is 5.10 Å². The third-order valence-corrected chi connectivity index (χ3v) is 5.20. The second-order valence-corrected chi connectivity index (χ2v) is 6.76. The summed E-state index contributed by atoms with van der Waals surface area (Å²) < 4.78 is 2.12. The van der Waals surface area contributed by atoms with Crippen LogP contribution in [-0.2, 0) is 6.42 Å². The lowest BCUT2D eigenvalue weighted by atomic mass is 9.76. The first kappa shape index (κ1) is 16.5. The molecule has 3 heteroatoms. The molecule has 1 aliphatic rings. The summed E-state index contributed by atoms with van der Waals surface area (Å²) in [5.41, 5.74) is 1.16. The second-order valence-electron chi connectivity index (χ2n) is 6.76. The number of hydrogen-bond acceptors (Lipinski definition) is 2. The first-order valence-corrected chi connectivity index (χ1v) is 8.89. The largest absolute Gasteiger partial charge is 0.393 e. The zero-order chi connectivity index (χ0) is 15.2. The third-order valence-electron chi connectivity index (χ3n) is 5.20. The molecule has 3 nitrogen and oxygen atoms in total. The van der Waals surface area contributed by atoms with Gasteiger partial charge in [0.05, 0.1) is 17.8 Å². The van der Waals surface area contributed by atoms with Crippen molar-refractivity contribution in [3.8, 4) is 0 Å². The maximum Gasteiger partial charge on any atom is 0.0628 e. The Hall–Kier alpha value is -0.830. The van der Waals surface area contributed by atoms with Crippen LogP contribution in [0.25, 0.3) is 0 Å². The van der Waals surface area contributed by atoms with Crippen LogP contribution in [0.2, 0.25) is 0 Å². The Kier molecular flexibility index (Phi) is 6.28. The van der Waals surface area contributed by atoms with Crippen molar-refractivity contribution in [2.75, 3.05) is 0 Å². The zero-order valence-corrected chi connectivity index (χ0v) is 14.0. The number of nitrogens with zero attached hydrogens (tertiary/aromatic N) is 2. The molecule has 0 saturated heterocycles. The summed E-state index contributed by atoms with van der Waals surface area (Å²) >= 11 is 0. The van der Waals surface area contributed by atoms with Gasteiger partial charge in [-0.1, -0.05) is 33.6 Å². The summed E-state index contributed by atoms with van der Waals surface area (Å²) in [4.78, 5) is 0. The van der Waals surface area contributed by atoms with Crippen LogP contribution in [0.5, 0.6) is 0 Å². The maximum atomic E-state index is 10.3. The minimum Gasteiger partial charge on any atom is -0.393 e. The maximum absolute atomic E-state index is 10.3. The highest BCUT2D eigenvalue weighted by Gasteiger charge is 2.29. The molecular weight excluding hydrogens is 260 g/mol. The minimum atomic E-state index is -0.128. The van der Waals surface area contributed by atoms with Gasteiger partial charge >= 0.3 is 0 Å². The fraction of sp³-hybridized carbons (Fsp3) is 0.833. The van der Waals surface area contributed by atoms with Crippen molar-refractivity contribution in [3.63, 3.8) is 0 Å². The lowest BCUT2D eigenvalue weighted by Gasteiger charge is -2.33. The first-order chi connectivity index (χ1) is 10.2. The van der Waals surface area contributed by atoms with Crippen LogP contribution >= 0.6 is 0 Å². The van der Waals surface area contributed by atoms with E-state index in [1.807, 2.05) is 0 Å². The average molecular weight is 292 g/mol. The Balaban J connectivity index is 1.96. The van der Waals surface area contributed by atoms with E-state index in [-0.39, 0.29) is 6.10 Å². The molecule has 0 bridgehead atoms. The highest BCUT2D eigenvalue weighted by atomic mass is 16.3. The van der Waals surface area contributed by atoms with E-state index in [9.17, 15) is 5.11 Å². The van der Waals surface area contributed by atoms with Crippen molar-refractivity contribution >= 4 is 0 Å². The van der Waals surface area contributed by atoms with Gasteiger partial charge in [0.15, 0.2) is 0 Å². The summed E-state index contributed by atoms with van der Waals surface area (Å²) in [6.45, 7) is 6.70. The van der Waals surface area contributed by atoms with Crippen LogP contribution < -0.4 is 0 Å². The van der Waals surface area contributed by atoms with E-state index in [1.54, 1.807) is 0 Å². The number of aliphatic hydroxyl groups is 1. The van der Waals surface area contributed by atoms with Crippen LogP contribution in [0.15, 0.2) is 12.3 Å². The van der Waals surface area contributed by atoms with Crippen molar-refractivity contribution < 1.29 is 5.11 Å². The normalized spacial score (nSPS) is 26.4. The highest BCUT2D eigenvalue weighted by molar-refractivity contribution is 5.02. The van der Waals surface area contributed by atoms with Crippen molar-refractivity contribution in [2.45, 2.75) is 84.3 Å². The summed E-state index contributed by atoms with van der Waals surface area (Å²) in [6, 6.07) is 2.66. The van der Waals surface area contributed by atoms with E-state index >= 15 is 0 Å². The van der Waals surface area contributed by atoms with Gasteiger partial charge in [-0.3, -0.25) is 4.68 Å². The summed E-state index contributed by atoms with van der Waals surface area (Å²) in [7, 11) is 0. The van der Waals surface area contributed by atoms with E-state index in [1.165, 1.54) is 25.7 Å². The molecule has 0 aromatic carbocycles. The molecule has 1 heterocycles. The van der Waals surface area contributed by atoms with Crippen LogP contribution in [-0.4, -0.2) is 21.0 Å². The van der Waals surface area contributed by atoms with Gasteiger partial charge in [0.25, 0.3) is 0 Å². The summed E-state index contributed by atoms with van der Waals surface area (Å²) in [6.07, 6.45) is 11.1. The van der Waals surface area contributed by atoms with Gasteiger partial charge < -0.3 is 5.11 Å². The van der Waals surface area contributed by atoms with Gasteiger partial charge in [0.1, 0.15) is 0 Å². The predicted molar refractivity (Wildman–Crippen MR) is 87.3 cm³/mol. The van der Waals surface area contributed by atoms with Gasteiger partial charge in [-0.2, -0.15) is 5.10 Å². The molecule has 1 aliphatic carbocycles. The second kappa shape index (κ2) is 7.98. The number of aliphatic hydroxyl groups excluding tert-OH is 1. The van der Waals surface area contributed by atoms with Gasteiger partial charge in [0, 0.05) is 6.20 Å². The van der Waals surface area contributed by atoms with E-state index < -0.39 is 0 Å². The molecule has 1 fully saturated rings. The summed E-state index contributed by atoms with van der Waals surface area (Å²) in [5.74, 6) is 1.21. The standard InChI is InChI=1S/C18H32N2O/c1-4-7-14-8-9-18(21)15(12-14)13-16-10-11-20(19-16)17(5-2)6-3/h10-11,14-15,17-18,21H,4-9,12-13H2,1-3H3. The molecular formula is C18H32N2O. The van der Waals surface area contributed by atoms with Gasteiger partial charge in [-0.05, 0) is 56.4 Å². The average Bonchev–Trinajstić information content (AvgIpc) is 2.93. The topological polar surface area (TPSA) is 38.0 Å². The molecule has 2 rings (SSSR count). The van der Waals surface area contributed by atoms with E-state index in [0.717, 1.165) is 37.3 Å². The molecule has 0 amide bonds. The molecule has 0 radical (unpaired) electrons. The van der Waals surface area contributed by atoms with Crippen molar-refractivity contribution in [1.29, 1.82) is 0 Å². The fourth-order valence-corrected chi connectivity index (χ4v) is 3.86. The molecule has 1 N–H and O–H groups in total. The Bertz CT molecular complexity index is 411. The number of aromatic nitrogens is 2. The van der Waals surface area contributed by atoms with Gasteiger partial charge in [-0.25, -0.2) is 0 Å². The summed E-state index contributed by atoms with van der Waals surface area (Å²) in [5, 5.41) is 15.0. The van der Waals surface area contributed by atoms with Gasteiger partial charge in [0.2, 0.25) is 0 Å². The molecule has 120 valence electrons. The molecule has 21 heavy (non-hydrogen) atoms. The van der Waals surface area contributed by atoms with Gasteiger partial charge in [-0.15, -0.1) is 0 Å². The fourth-order valence-electron chi connectivity index (χ4n) is 3.86. The minimum absolute atomic E-state index is 0.128. The van der Waals surface area contributed by atoms with Crippen molar-refractivity contribution in [1.82, 2.24) is 9.78 Å². The van der Waals surface area contributed by atoms with Crippen LogP contribution in [0.3, 0.4) is 0 Å². The predicted octanol–water partition coefficient (Wildman–Crippen LogP) is 4.36. The first-order valence-electron chi connectivity index (χ1n) is 8.89. The molecule has 0 spiro atoms. The molecule has 3 unspecified atom stereocenters. The van der Waals surface area contributed by atoms with Crippen molar-refractivity contribution in [3.05, 3.63) is 18.0 Å². The molecule has 3 atom stereocenters. The third kappa shape index (κ3) is 4.32. The molecule has 1 aromatic heterocycles. The number of rotatable bonds is 7. The Labute approximate surface area is 129 Å². The molecule has 1 aromatic rings. The Morgan fingerprint density at radius 3 is 2.71 bits per heavy atom. The van der Waals surface area contributed by atoms with E-state index in [0.29, 0.717) is 12.0 Å². The SMILES string of the molecule is CCCC1CCC(O)C(Cc2ccn(C(CC)CC)n2)C1. The number of hydrogen-bond donors (Lipinski definition) is 1. The Morgan fingerprint density at radius 1 is 1.29 bits per heavy atom. The lowest BCUT2D eigenvalue weighted by Crippen LogP contribution is -2.30. The van der Waals surface area contributed by atoms with Crippen molar-refractivity contribution in [2.24, 2.45) is 11.8 Å². The zero-order valence-electron chi connectivity index (χ0n) is 14.0. The van der Waals surface area contributed by atoms with Crippen LogP contribution in [0, 0.1) is 11.8 Å².